The number of hydrogen-bond donors (Lipinski definition) is 1. The average Bonchev–Trinajstić information content (AvgIpc) is 3.01. The lowest BCUT2D eigenvalue weighted by Gasteiger charge is -2.28. The van der Waals surface area contributed by atoms with Crippen LogP contribution in [-0.4, -0.2) is 24.6 Å². The highest BCUT2D eigenvalue weighted by Crippen LogP contribution is 2.39. The highest BCUT2D eigenvalue weighted by Gasteiger charge is 2.38. The lowest BCUT2D eigenvalue weighted by molar-refractivity contribution is 0.549. The molecule has 3 rings (SSSR count). The monoisotopic (exact) mass is 245 g/mol. The number of nitrogens with zero attached hydrogens (tertiary/aromatic N) is 2. The summed E-state index contributed by atoms with van der Waals surface area (Å²) >= 11 is 0. The van der Waals surface area contributed by atoms with Gasteiger partial charge in [0, 0.05) is 24.8 Å². The van der Waals surface area contributed by atoms with E-state index in [1.165, 1.54) is 42.9 Å². The topological polar surface area (TPSA) is 28.2 Å². The molecule has 0 aromatic carbocycles. The predicted octanol–water partition coefficient (Wildman–Crippen LogP) is 2.35. The van der Waals surface area contributed by atoms with E-state index in [0.717, 1.165) is 24.9 Å². The molecule has 1 aromatic heterocycles. The summed E-state index contributed by atoms with van der Waals surface area (Å²) < 4.78 is 0. The molecule has 1 aliphatic heterocycles. The van der Waals surface area contributed by atoms with Gasteiger partial charge in [0.2, 0.25) is 0 Å². The number of hydrogen-bond acceptors (Lipinski definition) is 3. The minimum absolute atomic E-state index is 0.761. The Morgan fingerprint density at radius 2 is 2.28 bits per heavy atom. The highest BCUT2D eigenvalue weighted by molar-refractivity contribution is 5.46. The molecule has 1 aliphatic carbocycles. The van der Waals surface area contributed by atoms with Crippen LogP contribution in [0.2, 0.25) is 0 Å². The molecule has 2 unspecified atom stereocenters. The van der Waals surface area contributed by atoms with Crippen molar-refractivity contribution >= 4 is 5.82 Å². The Balaban J connectivity index is 1.88. The summed E-state index contributed by atoms with van der Waals surface area (Å²) in [5.74, 6) is 2.14. The third kappa shape index (κ3) is 2.12. The Morgan fingerprint density at radius 1 is 1.39 bits per heavy atom. The summed E-state index contributed by atoms with van der Waals surface area (Å²) in [4.78, 5) is 7.38. The lowest BCUT2D eigenvalue weighted by atomic mass is 10.1. The zero-order chi connectivity index (χ0) is 12.5. The number of rotatable bonds is 4. The third-order valence-electron chi connectivity index (χ3n) is 4.37. The lowest BCUT2D eigenvalue weighted by Crippen LogP contribution is -2.32. The van der Waals surface area contributed by atoms with Crippen LogP contribution in [0, 0.1) is 5.92 Å². The van der Waals surface area contributed by atoms with Gasteiger partial charge in [-0.05, 0) is 56.3 Å². The Bertz CT molecular complexity index is 430. The fraction of sp³-hybridized carbons (Fsp3) is 0.667. The molecule has 1 saturated carbocycles. The van der Waals surface area contributed by atoms with Crippen molar-refractivity contribution in [2.24, 2.45) is 5.92 Å². The SMILES string of the molecule is CCc1cc(CNC)cc(N2CC3CCC2C3)n1. The molecule has 2 heterocycles. The number of piperidine rings is 1. The standard InChI is InChI=1S/C15H23N3/c1-3-13-6-12(9-16-2)8-15(17-13)18-10-11-4-5-14(18)7-11/h6,8,11,14,16H,3-5,7,9-10H2,1-2H3. The average molecular weight is 245 g/mol. The third-order valence-corrected chi connectivity index (χ3v) is 4.37. The van der Waals surface area contributed by atoms with Crippen LogP contribution < -0.4 is 10.2 Å². The number of pyridine rings is 1. The van der Waals surface area contributed by atoms with Crippen molar-refractivity contribution in [2.45, 2.75) is 45.2 Å². The molecule has 0 spiro atoms. The molecule has 1 saturated heterocycles. The maximum absolute atomic E-state index is 4.83. The normalized spacial score (nSPS) is 26.0. The summed E-state index contributed by atoms with van der Waals surface area (Å²) in [5.41, 5.74) is 2.59. The predicted molar refractivity (Wildman–Crippen MR) is 74.9 cm³/mol. The van der Waals surface area contributed by atoms with Gasteiger partial charge < -0.3 is 10.2 Å². The maximum atomic E-state index is 4.83. The first kappa shape index (κ1) is 12.0. The van der Waals surface area contributed by atoms with Crippen LogP contribution in [0.1, 0.15) is 37.4 Å². The highest BCUT2D eigenvalue weighted by atomic mass is 15.2. The molecule has 2 bridgehead atoms. The van der Waals surface area contributed by atoms with Crippen molar-refractivity contribution in [1.82, 2.24) is 10.3 Å². The van der Waals surface area contributed by atoms with Crippen LogP contribution >= 0.6 is 0 Å². The second kappa shape index (κ2) is 4.88. The molecule has 3 heteroatoms. The minimum Gasteiger partial charge on any atom is -0.353 e. The first-order valence-electron chi connectivity index (χ1n) is 7.21. The van der Waals surface area contributed by atoms with E-state index in [-0.39, 0.29) is 0 Å². The van der Waals surface area contributed by atoms with Gasteiger partial charge in [0.05, 0.1) is 0 Å². The van der Waals surface area contributed by atoms with Crippen molar-refractivity contribution in [2.75, 3.05) is 18.5 Å². The van der Waals surface area contributed by atoms with Gasteiger partial charge in [-0.25, -0.2) is 4.98 Å². The molecular formula is C15H23N3. The van der Waals surface area contributed by atoms with E-state index in [0.29, 0.717) is 0 Å². The molecule has 18 heavy (non-hydrogen) atoms. The van der Waals surface area contributed by atoms with Crippen molar-refractivity contribution < 1.29 is 0 Å². The van der Waals surface area contributed by atoms with Crippen LogP contribution in [0.25, 0.3) is 0 Å². The van der Waals surface area contributed by atoms with E-state index in [9.17, 15) is 0 Å². The van der Waals surface area contributed by atoms with E-state index in [1.54, 1.807) is 0 Å². The smallest absolute Gasteiger partial charge is 0.129 e. The van der Waals surface area contributed by atoms with Gasteiger partial charge in [-0.3, -0.25) is 0 Å². The van der Waals surface area contributed by atoms with E-state index >= 15 is 0 Å². The van der Waals surface area contributed by atoms with E-state index in [4.69, 9.17) is 4.98 Å². The van der Waals surface area contributed by atoms with E-state index in [2.05, 4.69) is 29.3 Å². The second-order valence-electron chi connectivity index (χ2n) is 5.69. The molecule has 2 atom stereocenters. The Labute approximate surface area is 110 Å². The molecule has 0 amide bonds. The molecule has 0 radical (unpaired) electrons. The van der Waals surface area contributed by atoms with Crippen molar-refractivity contribution in [1.29, 1.82) is 0 Å². The van der Waals surface area contributed by atoms with Crippen LogP contribution in [-0.2, 0) is 13.0 Å². The second-order valence-corrected chi connectivity index (χ2v) is 5.69. The number of aromatic nitrogens is 1. The summed E-state index contributed by atoms with van der Waals surface area (Å²) in [6.07, 6.45) is 5.20. The molecule has 1 aromatic rings. The van der Waals surface area contributed by atoms with Crippen LogP contribution in [0.3, 0.4) is 0 Å². The molecule has 98 valence electrons. The molecule has 1 N–H and O–H groups in total. The van der Waals surface area contributed by atoms with Crippen LogP contribution in [0.5, 0.6) is 0 Å². The van der Waals surface area contributed by atoms with Crippen LogP contribution in [0.15, 0.2) is 12.1 Å². The number of fused-ring (bicyclic) bond motifs is 2. The van der Waals surface area contributed by atoms with Crippen LogP contribution in [0.4, 0.5) is 5.82 Å². The van der Waals surface area contributed by atoms with Gasteiger partial charge in [0.1, 0.15) is 5.82 Å². The van der Waals surface area contributed by atoms with Gasteiger partial charge in [0.15, 0.2) is 0 Å². The fourth-order valence-corrected chi connectivity index (χ4v) is 3.47. The van der Waals surface area contributed by atoms with Gasteiger partial charge in [-0.15, -0.1) is 0 Å². The van der Waals surface area contributed by atoms with Gasteiger partial charge in [-0.2, -0.15) is 0 Å². The fourth-order valence-electron chi connectivity index (χ4n) is 3.47. The Morgan fingerprint density at radius 3 is 2.89 bits per heavy atom. The Kier molecular flexibility index (Phi) is 3.25. The zero-order valence-electron chi connectivity index (χ0n) is 11.4. The van der Waals surface area contributed by atoms with Crippen molar-refractivity contribution in [3.05, 3.63) is 23.4 Å². The number of anilines is 1. The number of nitrogens with one attached hydrogen (secondary N) is 1. The van der Waals surface area contributed by atoms with Gasteiger partial charge >= 0.3 is 0 Å². The largest absolute Gasteiger partial charge is 0.353 e. The molecule has 2 fully saturated rings. The summed E-state index contributed by atoms with van der Waals surface area (Å²) in [7, 11) is 2.00. The molecule has 2 aliphatic rings. The van der Waals surface area contributed by atoms with Crippen molar-refractivity contribution in [3.8, 4) is 0 Å². The molecule has 3 nitrogen and oxygen atoms in total. The van der Waals surface area contributed by atoms with Gasteiger partial charge in [-0.1, -0.05) is 6.92 Å². The van der Waals surface area contributed by atoms with E-state index in [1.807, 2.05) is 7.05 Å². The quantitative estimate of drug-likeness (QED) is 0.882. The van der Waals surface area contributed by atoms with Gasteiger partial charge in [0.25, 0.3) is 0 Å². The Hall–Kier alpha value is -1.09. The first-order valence-corrected chi connectivity index (χ1v) is 7.21. The summed E-state index contributed by atoms with van der Waals surface area (Å²) in [6.45, 7) is 4.35. The van der Waals surface area contributed by atoms with E-state index < -0.39 is 0 Å². The molecular weight excluding hydrogens is 222 g/mol. The summed E-state index contributed by atoms with van der Waals surface area (Å²) in [6, 6.07) is 5.27. The zero-order valence-corrected chi connectivity index (χ0v) is 11.4. The number of aryl methyl sites for hydroxylation is 1. The minimum atomic E-state index is 0.761. The maximum Gasteiger partial charge on any atom is 0.129 e. The summed E-state index contributed by atoms with van der Waals surface area (Å²) in [5, 5.41) is 3.24. The van der Waals surface area contributed by atoms with Crippen molar-refractivity contribution in [3.63, 3.8) is 0 Å². The first-order chi connectivity index (χ1) is 8.80.